The molecule has 0 atom stereocenters. The number of rotatable bonds is 4. The third-order valence-electron chi connectivity index (χ3n) is 0.984. The van der Waals surface area contributed by atoms with Crippen LogP contribution in [0.15, 0.2) is 10.9 Å². The van der Waals surface area contributed by atoms with Gasteiger partial charge in [-0.05, 0) is 11.2 Å². The van der Waals surface area contributed by atoms with Gasteiger partial charge in [-0.15, -0.1) is 18.2 Å². The highest BCUT2D eigenvalue weighted by Gasteiger charge is 2.09. The van der Waals surface area contributed by atoms with Gasteiger partial charge in [0, 0.05) is 0 Å². The Morgan fingerprint density at radius 2 is 2.50 bits per heavy atom. The summed E-state index contributed by atoms with van der Waals surface area (Å²) in [5, 5.41) is 13.1. The Morgan fingerprint density at radius 1 is 1.92 bits per heavy atom. The molecule has 0 aromatic heterocycles. The smallest absolute Gasteiger partial charge is 0.344 e. The Bertz CT molecular complexity index is 244. The van der Waals surface area contributed by atoms with E-state index in [0.717, 1.165) is 11.8 Å². The topological polar surface area (TPSA) is 81.2 Å². The standard InChI is InChI=1S/C6H9N3O2S/c1-3-4-8-6(12-2)5(7)9(10)11/h1,8H,4,7H2,2H3. The first-order valence-corrected chi connectivity index (χ1v) is 4.21. The van der Waals surface area contributed by atoms with E-state index >= 15 is 0 Å². The molecule has 6 heteroatoms. The SMILES string of the molecule is C#CCNC(SC)=C(N)[N+](=O)[O-]. The van der Waals surface area contributed by atoms with Crippen molar-refractivity contribution in [1.29, 1.82) is 0 Å². The van der Waals surface area contributed by atoms with Gasteiger partial charge in [-0.1, -0.05) is 5.92 Å². The molecular weight excluding hydrogens is 178 g/mol. The summed E-state index contributed by atoms with van der Waals surface area (Å²) in [5.41, 5.74) is 5.14. The van der Waals surface area contributed by atoms with Gasteiger partial charge in [0.15, 0.2) is 5.03 Å². The first kappa shape index (κ1) is 10.7. The van der Waals surface area contributed by atoms with Gasteiger partial charge < -0.3 is 15.4 Å². The molecule has 0 aliphatic heterocycles. The molecule has 0 bridgehead atoms. The molecule has 0 aromatic carbocycles. The van der Waals surface area contributed by atoms with Crippen LogP contribution in [0.5, 0.6) is 0 Å². The Hall–Kier alpha value is -1.35. The molecule has 0 rings (SSSR count). The van der Waals surface area contributed by atoms with Gasteiger partial charge in [-0.2, -0.15) is 0 Å². The van der Waals surface area contributed by atoms with Gasteiger partial charge >= 0.3 is 5.82 Å². The van der Waals surface area contributed by atoms with Crippen LogP contribution in [-0.4, -0.2) is 17.7 Å². The molecule has 0 radical (unpaired) electrons. The summed E-state index contributed by atoms with van der Waals surface area (Å²) in [5.74, 6) is 1.88. The number of nitrogens with two attached hydrogens (primary N) is 1. The minimum absolute atomic E-state index is 0.227. The first-order chi connectivity index (χ1) is 5.63. The zero-order valence-corrected chi connectivity index (χ0v) is 7.35. The average Bonchev–Trinajstić information content (AvgIpc) is 2.05. The highest BCUT2D eigenvalue weighted by molar-refractivity contribution is 8.02. The number of nitrogens with zero attached hydrogens (tertiary/aromatic N) is 1. The maximum absolute atomic E-state index is 10.2. The zero-order chi connectivity index (χ0) is 9.56. The second-order valence-corrected chi connectivity index (χ2v) is 2.55. The van der Waals surface area contributed by atoms with E-state index in [9.17, 15) is 10.1 Å². The number of terminal acetylenes is 1. The fraction of sp³-hybridized carbons (Fsp3) is 0.333. The van der Waals surface area contributed by atoms with E-state index in [4.69, 9.17) is 12.2 Å². The lowest BCUT2D eigenvalue weighted by Crippen LogP contribution is -2.20. The normalized spacial score (nSPS) is 11.3. The highest BCUT2D eigenvalue weighted by atomic mass is 32.2. The van der Waals surface area contributed by atoms with Crippen molar-refractivity contribution in [1.82, 2.24) is 5.32 Å². The zero-order valence-electron chi connectivity index (χ0n) is 6.53. The predicted octanol–water partition coefficient (Wildman–Crippen LogP) is -0.0658. The van der Waals surface area contributed by atoms with Gasteiger partial charge in [0.25, 0.3) is 0 Å². The number of hydrogen-bond donors (Lipinski definition) is 2. The van der Waals surface area contributed by atoms with Crippen LogP contribution >= 0.6 is 11.8 Å². The molecular formula is C6H9N3O2S. The number of nitro groups is 1. The van der Waals surface area contributed by atoms with E-state index in [-0.39, 0.29) is 11.6 Å². The van der Waals surface area contributed by atoms with Crippen LogP contribution in [0.2, 0.25) is 0 Å². The molecule has 0 unspecified atom stereocenters. The van der Waals surface area contributed by atoms with Crippen molar-refractivity contribution in [2.45, 2.75) is 0 Å². The van der Waals surface area contributed by atoms with Crippen molar-refractivity contribution in [3.05, 3.63) is 21.0 Å². The van der Waals surface area contributed by atoms with Crippen molar-refractivity contribution in [2.75, 3.05) is 12.8 Å². The van der Waals surface area contributed by atoms with E-state index in [0.29, 0.717) is 0 Å². The average molecular weight is 187 g/mol. The summed E-state index contributed by atoms with van der Waals surface area (Å²) in [4.78, 5) is 9.52. The van der Waals surface area contributed by atoms with Gasteiger partial charge in [-0.25, -0.2) is 0 Å². The third kappa shape index (κ3) is 3.16. The molecule has 0 aromatic rings. The second kappa shape index (κ2) is 5.32. The van der Waals surface area contributed by atoms with Crippen molar-refractivity contribution in [3.63, 3.8) is 0 Å². The fourth-order valence-electron chi connectivity index (χ4n) is 0.482. The van der Waals surface area contributed by atoms with E-state index in [1.165, 1.54) is 0 Å². The minimum atomic E-state index is -0.657. The molecule has 5 nitrogen and oxygen atoms in total. The lowest BCUT2D eigenvalue weighted by Gasteiger charge is -2.04. The summed E-state index contributed by atoms with van der Waals surface area (Å²) in [6.07, 6.45) is 6.63. The van der Waals surface area contributed by atoms with Crippen LogP contribution in [0, 0.1) is 22.5 Å². The Kier molecular flexibility index (Phi) is 4.72. The summed E-state index contributed by atoms with van der Waals surface area (Å²) in [7, 11) is 0. The molecule has 0 fully saturated rings. The van der Waals surface area contributed by atoms with Crippen molar-refractivity contribution in [2.24, 2.45) is 5.73 Å². The van der Waals surface area contributed by atoms with Gasteiger partial charge in [0.1, 0.15) is 0 Å². The molecule has 3 N–H and O–H groups in total. The van der Waals surface area contributed by atoms with Crippen molar-refractivity contribution in [3.8, 4) is 12.3 Å². The molecule has 0 amide bonds. The Labute approximate surface area is 74.5 Å². The van der Waals surface area contributed by atoms with Crippen LogP contribution in [0.3, 0.4) is 0 Å². The fourth-order valence-corrected chi connectivity index (χ4v) is 0.982. The molecule has 0 saturated carbocycles. The highest BCUT2D eigenvalue weighted by Crippen LogP contribution is 2.09. The maximum Gasteiger partial charge on any atom is 0.344 e. The Morgan fingerprint density at radius 3 is 2.83 bits per heavy atom. The lowest BCUT2D eigenvalue weighted by molar-refractivity contribution is -0.427. The number of nitrogens with one attached hydrogen (secondary N) is 1. The van der Waals surface area contributed by atoms with Crippen LogP contribution < -0.4 is 11.1 Å². The summed E-state index contributed by atoms with van der Waals surface area (Å²) >= 11 is 1.15. The molecule has 0 aliphatic rings. The quantitative estimate of drug-likeness (QED) is 0.366. The Balaban J connectivity index is 4.41. The van der Waals surface area contributed by atoms with E-state index in [2.05, 4.69) is 11.2 Å². The van der Waals surface area contributed by atoms with Crippen molar-refractivity contribution >= 4 is 11.8 Å². The van der Waals surface area contributed by atoms with Gasteiger partial charge in [-0.3, -0.25) is 5.73 Å². The second-order valence-electron chi connectivity index (χ2n) is 1.73. The largest absolute Gasteiger partial charge is 0.362 e. The first-order valence-electron chi connectivity index (χ1n) is 2.99. The van der Waals surface area contributed by atoms with Crippen LogP contribution in [0.4, 0.5) is 0 Å². The molecule has 0 spiro atoms. The maximum atomic E-state index is 10.2. The third-order valence-corrected chi connectivity index (χ3v) is 1.75. The molecule has 0 aliphatic carbocycles. The van der Waals surface area contributed by atoms with Gasteiger partial charge in [0.05, 0.1) is 6.54 Å². The minimum Gasteiger partial charge on any atom is -0.362 e. The monoisotopic (exact) mass is 187 g/mol. The van der Waals surface area contributed by atoms with Crippen molar-refractivity contribution < 1.29 is 4.92 Å². The summed E-state index contributed by atoms with van der Waals surface area (Å²) < 4.78 is 0. The number of hydrogen-bond acceptors (Lipinski definition) is 5. The van der Waals surface area contributed by atoms with Crippen LogP contribution in [0.1, 0.15) is 0 Å². The molecule has 66 valence electrons. The van der Waals surface area contributed by atoms with E-state index in [1.54, 1.807) is 6.26 Å². The molecule has 12 heavy (non-hydrogen) atoms. The summed E-state index contributed by atoms with van der Waals surface area (Å²) in [6.45, 7) is 0.227. The van der Waals surface area contributed by atoms with Crippen LogP contribution in [0.25, 0.3) is 0 Å². The van der Waals surface area contributed by atoms with Crippen LogP contribution in [-0.2, 0) is 0 Å². The predicted molar refractivity (Wildman–Crippen MR) is 48.6 cm³/mol. The lowest BCUT2D eigenvalue weighted by atomic mass is 10.6. The van der Waals surface area contributed by atoms with E-state index in [1.807, 2.05) is 0 Å². The summed E-state index contributed by atoms with van der Waals surface area (Å²) in [6, 6.07) is 0. The molecule has 0 heterocycles. The number of thioether (sulfide) groups is 1. The molecule has 0 saturated heterocycles. The van der Waals surface area contributed by atoms with E-state index < -0.39 is 10.7 Å². The van der Waals surface area contributed by atoms with Gasteiger partial charge in [0.2, 0.25) is 0 Å².